The minimum atomic E-state index is -2.29. The first-order valence-electron chi connectivity index (χ1n) is 20.2. The summed E-state index contributed by atoms with van der Waals surface area (Å²) in [5.41, 5.74) is 0. The van der Waals surface area contributed by atoms with Crippen LogP contribution in [0.3, 0.4) is 0 Å². The van der Waals surface area contributed by atoms with Crippen molar-refractivity contribution in [1.82, 2.24) is 9.92 Å². The topological polar surface area (TPSA) is 114 Å². The Labute approximate surface area is 295 Å². The monoisotopic (exact) mass is 703 g/mol. The Bertz CT molecular complexity index is 788. The van der Waals surface area contributed by atoms with Crippen molar-refractivity contribution < 1.29 is 33.6 Å². The molecular weight excluding hydrogens is 627 g/mol. The highest BCUT2D eigenvalue weighted by Gasteiger charge is 2.28. The van der Waals surface area contributed by atoms with Gasteiger partial charge in [0.05, 0.1) is 0 Å². The molecule has 0 radical (unpaired) electrons. The zero-order chi connectivity index (χ0) is 34.9. The molecule has 0 saturated carbocycles. The van der Waals surface area contributed by atoms with Gasteiger partial charge in [-0.15, -0.1) is 4.83 Å². The summed E-state index contributed by atoms with van der Waals surface area (Å²) in [4.78, 5) is 32.3. The largest absolute Gasteiger partial charge is 0.463 e. The SMILES string of the molecule is CCCCCCCCCCCCCCCC(=O)OCC(O)COC(=O)C(CCCCCCCCCCCCCC)ON1CCCN[PH]1=O. The normalized spacial score (nSPS) is 16.5. The summed E-state index contributed by atoms with van der Waals surface area (Å²) in [6, 6.07) is 0. The molecule has 1 aliphatic rings. The fourth-order valence-electron chi connectivity index (χ4n) is 6.11. The molecule has 1 rings (SSSR count). The molecule has 1 heterocycles. The van der Waals surface area contributed by atoms with Crippen LogP contribution in [0, 0.1) is 0 Å². The third kappa shape index (κ3) is 26.8. The van der Waals surface area contributed by atoms with Gasteiger partial charge in [0.25, 0.3) is 0 Å². The van der Waals surface area contributed by atoms with Gasteiger partial charge in [0.1, 0.15) is 19.3 Å². The van der Waals surface area contributed by atoms with E-state index in [1.807, 2.05) is 0 Å². The number of aliphatic hydroxyl groups is 1. The number of hydroxylamine groups is 1. The van der Waals surface area contributed by atoms with Crippen molar-refractivity contribution in [3.63, 3.8) is 0 Å². The molecule has 2 N–H and O–H groups in total. The van der Waals surface area contributed by atoms with Crippen LogP contribution >= 0.6 is 8.10 Å². The predicted octanol–water partition coefficient (Wildman–Crippen LogP) is 9.99. The van der Waals surface area contributed by atoms with Gasteiger partial charge >= 0.3 is 11.9 Å². The Morgan fingerprint density at radius 1 is 0.667 bits per heavy atom. The van der Waals surface area contributed by atoms with Crippen molar-refractivity contribution in [2.75, 3.05) is 26.3 Å². The molecule has 10 heteroatoms. The van der Waals surface area contributed by atoms with Crippen molar-refractivity contribution in [3.8, 4) is 0 Å². The number of carbonyl (C=O) groups is 2. The maximum absolute atomic E-state index is 12.9. The van der Waals surface area contributed by atoms with Gasteiger partial charge in [-0.25, -0.2) is 4.79 Å². The molecule has 284 valence electrons. The first kappa shape index (κ1) is 45.0. The van der Waals surface area contributed by atoms with E-state index in [2.05, 4.69) is 18.9 Å². The highest BCUT2D eigenvalue weighted by Crippen LogP contribution is 2.28. The van der Waals surface area contributed by atoms with Crippen molar-refractivity contribution >= 4 is 20.0 Å². The van der Waals surface area contributed by atoms with Crippen LogP contribution in [-0.2, 0) is 28.5 Å². The molecule has 0 aromatic rings. The fourth-order valence-corrected chi connectivity index (χ4v) is 7.27. The molecule has 0 aliphatic carbocycles. The minimum Gasteiger partial charge on any atom is -0.463 e. The average Bonchev–Trinajstić information content (AvgIpc) is 3.09. The van der Waals surface area contributed by atoms with Gasteiger partial charge in [-0.05, 0) is 19.3 Å². The van der Waals surface area contributed by atoms with Crippen molar-refractivity contribution in [2.45, 2.75) is 206 Å². The van der Waals surface area contributed by atoms with Crippen LogP contribution in [0.2, 0.25) is 0 Å². The number of esters is 2. The highest BCUT2D eigenvalue weighted by molar-refractivity contribution is 7.39. The number of rotatable bonds is 34. The summed E-state index contributed by atoms with van der Waals surface area (Å²) in [6.45, 7) is 5.16. The molecule has 0 bridgehead atoms. The summed E-state index contributed by atoms with van der Waals surface area (Å²) >= 11 is 0. The van der Waals surface area contributed by atoms with Crippen molar-refractivity contribution in [3.05, 3.63) is 0 Å². The minimum absolute atomic E-state index is 0.210. The Hall–Kier alpha value is -0.990. The van der Waals surface area contributed by atoms with E-state index in [-0.39, 0.29) is 19.2 Å². The number of nitrogens with one attached hydrogen (secondary N) is 1. The molecular formula is C38H75N2O7P. The summed E-state index contributed by atoms with van der Waals surface area (Å²) in [5, 5.41) is 13.2. The van der Waals surface area contributed by atoms with Crippen LogP contribution in [0.1, 0.15) is 194 Å². The van der Waals surface area contributed by atoms with Crippen LogP contribution in [-0.4, -0.2) is 60.4 Å². The average molecular weight is 703 g/mol. The zero-order valence-corrected chi connectivity index (χ0v) is 32.1. The smallest absolute Gasteiger partial charge is 0.337 e. The Kier molecular flexibility index (Phi) is 31.1. The lowest BCUT2D eigenvalue weighted by atomic mass is 10.0. The van der Waals surface area contributed by atoms with Crippen LogP contribution in [0.15, 0.2) is 0 Å². The van der Waals surface area contributed by atoms with Crippen LogP contribution in [0.4, 0.5) is 0 Å². The van der Waals surface area contributed by atoms with Crippen molar-refractivity contribution in [2.24, 2.45) is 0 Å². The molecule has 9 nitrogen and oxygen atoms in total. The first-order valence-corrected chi connectivity index (χ1v) is 21.6. The van der Waals surface area contributed by atoms with E-state index in [1.54, 1.807) is 0 Å². The summed E-state index contributed by atoms with van der Waals surface area (Å²) in [6.07, 6.45) is 30.4. The molecule has 1 fully saturated rings. The third-order valence-electron chi connectivity index (χ3n) is 9.22. The molecule has 0 spiro atoms. The molecule has 1 saturated heterocycles. The number of ether oxygens (including phenoxy) is 2. The first-order chi connectivity index (χ1) is 23.5. The predicted molar refractivity (Wildman–Crippen MR) is 197 cm³/mol. The van der Waals surface area contributed by atoms with Gasteiger partial charge in [-0.1, -0.05) is 168 Å². The van der Waals surface area contributed by atoms with Gasteiger partial charge in [0.2, 0.25) is 8.10 Å². The van der Waals surface area contributed by atoms with Crippen LogP contribution in [0.5, 0.6) is 0 Å². The maximum Gasteiger partial charge on any atom is 0.337 e. The molecule has 3 unspecified atom stereocenters. The van der Waals surface area contributed by atoms with Gasteiger partial charge < -0.3 is 14.6 Å². The van der Waals surface area contributed by atoms with E-state index in [9.17, 15) is 19.3 Å². The molecule has 0 aromatic heterocycles. The lowest BCUT2D eigenvalue weighted by Crippen LogP contribution is -2.38. The number of nitrogens with zero attached hydrogens (tertiary/aromatic N) is 1. The van der Waals surface area contributed by atoms with E-state index in [0.717, 1.165) is 44.9 Å². The fraction of sp³-hybridized carbons (Fsp3) is 0.947. The van der Waals surface area contributed by atoms with Gasteiger partial charge in [-0.3, -0.25) is 19.3 Å². The van der Waals surface area contributed by atoms with E-state index in [1.165, 1.54) is 127 Å². The Morgan fingerprint density at radius 3 is 1.58 bits per heavy atom. The summed E-state index contributed by atoms with van der Waals surface area (Å²) in [5.74, 6) is -0.921. The number of unbranched alkanes of at least 4 members (excludes halogenated alkanes) is 23. The second kappa shape index (κ2) is 33.2. The van der Waals surface area contributed by atoms with Gasteiger partial charge in [0.15, 0.2) is 6.10 Å². The second-order valence-electron chi connectivity index (χ2n) is 13.9. The number of aliphatic hydroxyl groups excluding tert-OH is 1. The van der Waals surface area contributed by atoms with E-state index < -0.39 is 26.3 Å². The Balaban J connectivity index is 2.19. The van der Waals surface area contributed by atoms with E-state index >= 15 is 0 Å². The molecule has 48 heavy (non-hydrogen) atoms. The highest BCUT2D eigenvalue weighted by atomic mass is 31.1. The quantitative estimate of drug-likeness (QED) is 0.0384. The molecule has 0 amide bonds. The van der Waals surface area contributed by atoms with Gasteiger partial charge in [-0.2, -0.15) is 0 Å². The Morgan fingerprint density at radius 2 is 1.10 bits per heavy atom. The van der Waals surface area contributed by atoms with Crippen LogP contribution < -0.4 is 5.09 Å². The third-order valence-corrected chi connectivity index (χ3v) is 10.6. The second-order valence-corrected chi connectivity index (χ2v) is 15.4. The van der Waals surface area contributed by atoms with E-state index in [4.69, 9.17) is 14.3 Å². The van der Waals surface area contributed by atoms with Gasteiger partial charge in [0, 0.05) is 19.5 Å². The standard InChI is InChI=1S/C38H75N2O7P/c1-3-5-7-9-11-13-15-17-19-21-23-25-27-30-37(42)45-33-35(41)34-46-38(43)36(47-40-32-28-31-39-48(40)44)29-26-24-22-20-18-16-14-12-10-8-6-4-2/h35-36,41,48H,3-34H2,1-2H3,(H,39,44). The zero-order valence-electron chi connectivity index (χ0n) is 31.1. The number of hydrogen-bond donors (Lipinski definition) is 2. The van der Waals surface area contributed by atoms with E-state index in [0.29, 0.717) is 25.9 Å². The maximum atomic E-state index is 12.9. The van der Waals surface area contributed by atoms with Crippen LogP contribution in [0.25, 0.3) is 0 Å². The molecule has 0 aromatic carbocycles. The summed E-state index contributed by atoms with van der Waals surface area (Å²) < 4.78 is 23.0. The molecule has 1 aliphatic heterocycles. The number of hydrogen-bond acceptors (Lipinski definition) is 7. The number of carbonyl (C=O) groups excluding carboxylic acids is 2. The lowest BCUT2D eigenvalue weighted by molar-refractivity contribution is -0.187. The summed E-state index contributed by atoms with van der Waals surface area (Å²) in [7, 11) is -2.29. The van der Waals surface area contributed by atoms with Crippen molar-refractivity contribution in [1.29, 1.82) is 0 Å². The lowest BCUT2D eigenvalue weighted by Gasteiger charge is -2.29. The molecule has 3 atom stereocenters.